The summed E-state index contributed by atoms with van der Waals surface area (Å²) >= 11 is 0. The van der Waals surface area contributed by atoms with E-state index in [-0.39, 0.29) is 11.5 Å². The van der Waals surface area contributed by atoms with Gasteiger partial charge in [0.2, 0.25) is 0 Å². The maximum absolute atomic E-state index is 11.7. The van der Waals surface area contributed by atoms with Gasteiger partial charge in [-0.25, -0.2) is 15.0 Å². The molecule has 0 aliphatic heterocycles. The van der Waals surface area contributed by atoms with Crippen LogP contribution in [-0.4, -0.2) is 52.3 Å². The van der Waals surface area contributed by atoms with Crippen molar-refractivity contribution < 1.29 is 9.90 Å². The molecule has 0 saturated heterocycles. The van der Waals surface area contributed by atoms with E-state index in [0.717, 1.165) is 5.82 Å². The molecule has 1 amide bonds. The van der Waals surface area contributed by atoms with Gasteiger partial charge in [-0.05, 0) is 12.5 Å². The third-order valence-corrected chi connectivity index (χ3v) is 3.66. The van der Waals surface area contributed by atoms with Crippen molar-refractivity contribution in [2.75, 3.05) is 29.6 Å². The van der Waals surface area contributed by atoms with E-state index < -0.39 is 18.2 Å². The van der Waals surface area contributed by atoms with E-state index in [9.17, 15) is 9.90 Å². The second-order valence-electron chi connectivity index (χ2n) is 5.89. The van der Waals surface area contributed by atoms with Crippen LogP contribution in [-0.2, 0) is 0 Å². The van der Waals surface area contributed by atoms with Crippen LogP contribution in [0.2, 0.25) is 0 Å². The topological polar surface area (TPSA) is 155 Å². The third-order valence-electron chi connectivity index (χ3n) is 3.66. The molecule has 0 saturated carbocycles. The van der Waals surface area contributed by atoms with Gasteiger partial charge in [0.05, 0.1) is 12.2 Å². The molecular formula is C16H24N8O2. The number of aromatic nitrogens is 3. The number of hydrogen-bond acceptors (Lipinski definition) is 9. The summed E-state index contributed by atoms with van der Waals surface area (Å²) in [6.45, 7) is 1.87. The Labute approximate surface area is 151 Å². The van der Waals surface area contributed by atoms with E-state index in [1.165, 1.54) is 6.20 Å². The second kappa shape index (κ2) is 8.41. The molecular weight excluding hydrogens is 336 g/mol. The number of carbonyl (C=O) groups excluding carboxylic acids is 1. The standard InChI is InChI=1S/C16H24N8O2/c1-4-10(14(17)25)22-11-8-20-13(15(18)26)16(23-11)21-9-5-6-19-12(7-9)24(2)3/h5-8,10,14,25H,4,17H2,1-3H3,(H2,18,26)(H2,19,21,22,23). The number of amides is 1. The van der Waals surface area contributed by atoms with Crippen LogP contribution in [0.4, 0.5) is 23.1 Å². The number of nitrogens with two attached hydrogens (primary N) is 2. The van der Waals surface area contributed by atoms with E-state index in [2.05, 4.69) is 25.6 Å². The summed E-state index contributed by atoms with van der Waals surface area (Å²) in [6, 6.07) is 3.13. The van der Waals surface area contributed by atoms with E-state index in [4.69, 9.17) is 11.5 Å². The highest BCUT2D eigenvalue weighted by Gasteiger charge is 2.17. The van der Waals surface area contributed by atoms with E-state index in [1.807, 2.05) is 25.9 Å². The Hall–Kier alpha value is -2.98. The first-order valence-corrected chi connectivity index (χ1v) is 8.09. The molecule has 7 N–H and O–H groups in total. The van der Waals surface area contributed by atoms with Crippen LogP contribution in [0.25, 0.3) is 0 Å². The van der Waals surface area contributed by atoms with Crippen LogP contribution in [0.1, 0.15) is 23.8 Å². The minimum absolute atomic E-state index is 0.000103. The monoisotopic (exact) mass is 360 g/mol. The molecule has 0 spiro atoms. The van der Waals surface area contributed by atoms with Gasteiger partial charge < -0.3 is 32.1 Å². The molecule has 0 bridgehead atoms. The fraction of sp³-hybridized carbons (Fsp3) is 0.375. The molecule has 2 aromatic heterocycles. The normalized spacial score (nSPS) is 13.0. The van der Waals surface area contributed by atoms with Crippen LogP contribution in [0.3, 0.4) is 0 Å². The number of aliphatic hydroxyl groups excluding tert-OH is 1. The highest BCUT2D eigenvalue weighted by molar-refractivity contribution is 5.96. The molecule has 0 aromatic carbocycles. The molecule has 0 aliphatic rings. The predicted octanol–water partition coefficient (Wildman–Crippen LogP) is 0.248. The Bertz CT molecular complexity index is 766. The average molecular weight is 360 g/mol. The number of nitrogens with one attached hydrogen (secondary N) is 2. The third kappa shape index (κ3) is 4.77. The smallest absolute Gasteiger partial charge is 0.271 e. The maximum atomic E-state index is 11.7. The Morgan fingerprint density at radius 3 is 2.69 bits per heavy atom. The molecule has 0 radical (unpaired) electrons. The first-order chi connectivity index (χ1) is 12.3. The Morgan fingerprint density at radius 2 is 2.12 bits per heavy atom. The molecule has 2 aromatic rings. The predicted molar refractivity (Wildman–Crippen MR) is 100 cm³/mol. The summed E-state index contributed by atoms with van der Waals surface area (Å²) in [6.07, 6.45) is 2.52. The molecule has 2 heterocycles. The van der Waals surface area contributed by atoms with Crippen molar-refractivity contribution in [1.82, 2.24) is 15.0 Å². The Morgan fingerprint density at radius 1 is 1.38 bits per heavy atom. The second-order valence-corrected chi connectivity index (χ2v) is 5.89. The van der Waals surface area contributed by atoms with Crippen molar-refractivity contribution in [2.45, 2.75) is 25.6 Å². The van der Waals surface area contributed by atoms with Crippen LogP contribution in [0, 0.1) is 0 Å². The number of rotatable bonds is 8. The average Bonchev–Trinajstić information content (AvgIpc) is 2.59. The number of nitrogens with zero attached hydrogens (tertiary/aromatic N) is 4. The molecule has 2 unspecified atom stereocenters. The van der Waals surface area contributed by atoms with Gasteiger partial charge >= 0.3 is 0 Å². The quantitative estimate of drug-likeness (QED) is 0.416. The number of hydrogen-bond donors (Lipinski definition) is 5. The molecule has 10 nitrogen and oxygen atoms in total. The van der Waals surface area contributed by atoms with Crippen LogP contribution in [0.5, 0.6) is 0 Å². The zero-order valence-electron chi connectivity index (χ0n) is 15.0. The van der Waals surface area contributed by atoms with Gasteiger partial charge in [0.1, 0.15) is 17.9 Å². The fourth-order valence-electron chi connectivity index (χ4n) is 2.22. The van der Waals surface area contributed by atoms with Crippen LogP contribution >= 0.6 is 0 Å². The molecule has 2 rings (SSSR count). The highest BCUT2D eigenvalue weighted by atomic mass is 16.3. The van der Waals surface area contributed by atoms with Gasteiger partial charge in [-0.3, -0.25) is 4.79 Å². The van der Waals surface area contributed by atoms with Gasteiger partial charge in [0, 0.05) is 32.0 Å². The number of primary amides is 1. The summed E-state index contributed by atoms with van der Waals surface area (Å²) in [5.41, 5.74) is 11.6. The molecule has 0 fully saturated rings. The highest BCUT2D eigenvalue weighted by Crippen LogP contribution is 2.22. The van der Waals surface area contributed by atoms with Gasteiger partial charge in [-0.15, -0.1) is 0 Å². The van der Waals surface area contributed by atoms with Crippen molar-refractivity contribution >= 4 is 29.0 Å². The lowest BCUT2D eigenvalue weighted by molar-refractivity contribution is 0.0996. The van der Waals surface area contributed by atoms with Crippen molar-refractivity contribution in [2.24, 2.45) is 11.5 Å². The van der Waals surface area contributed by atoms with Crippen molar-refractivity contribution in [3.8, 4) is 0 Å². The Kier molecular flexibility index (Phi) is 6.26. The lowest BCUT2D eigenvalue weighted by atomic mass is 10.2. The molecule has 26 heavy (non-hydrogen) atoms. The lowest BCUT2D eigenvalue weighted by Crippen LogP contribution is -2.39. The van der Waals surface area contributed by atoms with Crippen LogP contribution in [0.15, 0.2) is 24.5 Å². The van der Waals surface area contributed by atoms with Gasteiger partial charge in [0.15, 0.2) is 11.5 Å². The van der Waals surface area contributed by atoms with Gasteiger partial charge in [-0.1, -0.05) is 6.92 Å². The SMILES string of the molecule is CCC(Nc1cnc(C(N)=O)c(Nc2ccnc(N(C)C)c2)n1)C(N)O. The molecule has 2 atom stereocenters. The minimum Gasteiger partial charge on any atom is -0.377 e. The minimum atomic E-state index is -1.06. The summed E-state index contributed by atoms with van der Waals surface area (Å²) < 4.78 is 0. The number of aliphatic hydroxyl groups is 1. The first-order valence-electron chi connectivity index (χ1n) is 8.09. The maximum Gasteiger partial charge on any atom is 0.271 e. The summed E-state index contributed by atoms with van der Waals surface area (Å²) in [4.78, 5) is 26.2. The van der Waals surface area contributed by atoms with Crippen molar-refractivity contribution in [3.63, 3.8) is 0 Å². The number of pyridine rings is 1. The van der Waals surface area contributed by atoms with E-state index in [1.54, 1.807) is 18.3 Å². The fourth-order valence-corrected chi connectivity index (χ4v) is 2.22. The van der Waals surface area contributed by atoms with Crippen molar-refractivity contribution in [3.05, 3.63) is 30.2 Å². The molecule has 10 heteroatoms. The summed E-state index contributed by atoms with van der Waals surface area (Å²) in [7, 11) is 3.74. The first kappa shape index (κ1) is 19.3. The van der Waals surface area contributed by atoms with E-state index >= 15 is 0 Å². The molecule has 140 valence electrons. The zero-order chi connectivity index (χ0) is 19.3. The largest absolute Gasteiger partial charge is 0.377 e. The number of carbonyl (C=O) groups is 1. The molecule has 0 aliphatic carbocycles. The van der Waals surface area contributed by atoms with E-state index in [0.29, 0.717) is 17.9 Å². The summed E-state index contributed by atoms with van der Waals surface area (Å²) in [5.74, 6) is 0.574. The van der Waals surface area contributed by atoms with Crippen LogP contribution < -0.4 is 27.0 Å². The lowest BCUT2D eigenvalue weighted by Gasteiger charge is -2.20. The zero-order valence-corrected chi connectivity index (χ0v) is 15.0. The Balaban J connectivity index is 2.34. The van der Waals surface area contributed by atoms with Gasteiger partial charge in [-0.2, -0.15) is 0 Å². The summed E-state index contributed by atoms with van der Waals surface area (Å²) in [5, 5.41) is 15.6. The van der Waals surface area contributed by atoms with Crippen molar-refractivity contribution in [1.29, 1.82) is 0 Å². The van der Waals surface area contributed by atoms with Gasteiger partial charge in [0.25, 0.3) is 5.91 Å². The number of anilines is 4.